The largest absolute Gasteiger partial charge is 0.324 e. The fraction of sp³-hybridized carbons (Fsp3) is 0.538. The maximum Gasteiger partial charge on any atom is 0.0300 e. The number of hydrogen-bond donors (Lipinski definition) is 1. The van der Waals surface area contributed by atoms with Crippen molar-refractivity contribution in [1.82, 2.24) is 0 Å². The molecule has 1 aliphatic rings. The van der Waals surface area contributed by atoms with Crippen molar-refractivity contribution in [3.8, 4) is 0 Å². The molecular weight excluding hydrogens is 170 g/mol. The zero-order valence-corrected chi connectivity index (χ0v) is 9.14. The Morgan fingerprint density at radius 2 is 2.21 bits per heavy atom. The molecule has 1 nitrogen and oxygen atoms in total. The molecule has 2 N–H and O–H groups in total. The first-order valence-electron chi connectivity index (χ1n) is 5.61. The quantitative estimate of drug-likeness (QED) is 0.722. The highest BCUT2D eigenvalue weighted by Gasteiger charge is 2.20. The molecule has 0 spiro atoms. The van der Waals surface area contributed by atoms with Crippen LogP contribution < -0.4 is 5.73 Å². The molecule has 1 heteroatoms. The monoisotopic (exact) mass is 189 g/mol. The first-order chi connectivity index (χ1) is 6.74. The first-order valence-corrected chi connectivity index (χ1v) is 5.61. The molecular formula is C13H19N. The maximum absolute atomic E-state index is 6.19. The normalized spacial score (nSPS) is 20.6. The van der Waals surface area contributed by atoms with Gasteiger partial charge in [-0.1, -0.05) is 19.1 Å². The van der Waals surface area contributed by atoms with Gasteiger partial charge in [-0.3, -0.25) is 0 Å². The Bertz CT molecular complexity index is 341. The lowest BCUT2D eigenvalue weighted by molar-refractivity contribution is 0.563. The lowest BCUT2D eigenvalue weighted by Crippen LogP contribution is -2.20. The summed E-state index contributed by atoms with van der Waals surface area (Å²) in [4.78, 5) is 0. The van der Waals surface area contributed by atoms with Gasteiger partial charge >= 0.3 is 0 Å². The molecule has 0 fully saturated rings. The molecule has 0 saturated heterocycles. The molecule has 1 aromatic rings. The Hall–Kier alpha value is -0.820. The number of aryl methyl sites for hydroxylation is 2. The van der Waals surface area contributed by atoms with Gasteiger partial charge in [0, 0.05) is 6.04 Å². The molecule has 0 bridgehead atoms. The fourth-order valence-electron chi connectivity index (χ4n) is 2.57. The van der Waals surface area contributed by atoms with Gasteiger partial charge in [-0.25, -0.2) is 0 Å². The van der Waals surface area contributed by atoms with E-state index >= 15 is 0 Å². The van der Waals surface area contributed by atoms with Crippen LogP contribution >= 0.6 is 0 Å². The van der Waals surface area contributed by atoms with Crippen LogP contribution in [0.1, 0.15) is 48.1 Å². The van der Waals surface area contributed by atoms with Crippen molar-refractivity contribution in [2.75, 3.05) is 0 Å². The van der Waals surface area contributed by atoms with Gasteiger partial charge in [-0.2, -0.15) is 0 Å². The molecule has 1 atom stereocenters. The Labute approximate surface area is 86.3 Å². The van der Waals surface area contributed by atoms with Crippen LogP contribution in [0, 0.1) is 6.92 Å². The van der Waals surface area contributed by atoms with E-state index in [1.807, 2.05) is 0 Å². The van der Waals surface area contributed by atoms with Crippen LogP contribution in [-0.4, -0.2) is 0 Å². The lowest BCUT2D eigenvalue weighted by Gasteiger charge is -2.26. The highest BCUT2D eigenvalue weighted by Crippen LogP contribution is 2.32. The average Bonchev–Trinajstić information content (AvgIpc) is 2.20. The van der Waals surface area contributed by atoms with Crippen molar-refractivity contribution in [3.63, 3.8) is 0 Å². The molecule has 76 valence electrons. The summed E-state index contributed by atoms with van der Waals surface area (Å²) in [5.74, 6) is 0. The van der Waals surface area contributed by atoms with Crippen molar-refractivity contribution in [2.45, 2.75) is 45.6 Å². The first kappa shape index (κ1) is 9.72. The summed E-state index contributed by atoms with van der Waals surface area (Å²) >= 11 is 0. The third kappa shape index (κ3) is 1.46. The summed E-state index contributed by atoms with van der Waals surface area (Å²) in [6.45, 7) is 4.42. The summed E-state index contributed by atoms with van der Waals surface area (Å²) in [5.41, 5.74) is 12.1. The minimum atomic E-state index is 0.286. The van der Waals surface area contributed by atoms with Crippen molar-refractivity contribution in [1.29, 1.82) is 0 Å². The number of fused-ring (bicyclic) bond motifs is 1. The number of hydrogen-bond acceptors (Lipinski definition) is 1. The molecule has 1 aromatic carbocycles. The van der Waals surface area contributed by atoms with E-state index in [9.17, 15) is 0 Å². The zero-order valence-electron chi connectivity index (χ0n) is 9.14. The summed E-state index contributed by atoms with van der Waals surface area (Å²) in [7, 11) is 0. The Morgan fingerprint density at radius 3 is 2.93 bits per heavy atom. The molecule has 14 heavy (non-hydrogen) atoms. The van der Waals surface area contributed by atoms with Gasteiger partial charge in [0.1, 0.15) is 0 Å². The van der Waals surface area contributed by atoms with E-state index in [0.29, 0.717) is 0 Å². The summed E-state index contributed by atoms with van der Waals surface area (Å²) < 4.78 is 0. The predicted octanol–water partition coefficient (Wildman–Crippen LogP) is 2.89. The second kappa shape index (κ2) is 3.74. The molecule has 2 rings (SSSR count). The molecule has 0 unspecified atom stereocenters. The van der Waals surface area contributed by atoms with Crippen LogP contribution in [0.25, 0.3) is 0 Å². The number of rotatable bonds is 1. The molecule has 0 saturated carbocycles. The van der Waals surface area contributed by atoms with Crippen LogP contribution in [-0.2, 0) is 12.8 Å². The SMILES string of the molecule is CCc1ccc(C)c2c1[C@H](N)CCC2. The Morgan fingerprint density at radius 1 is 1.43 bits per heavy atom. The van der Waals surface area contributed by atoms with E-state index in [1.54, 1.807) is 0 Å². The average molecular weight is 189 g/mol. The molecule has 0 radical (unpaired) electrons. The lowest BCUT2D eigenvalue weighted by atomic mass is 9.82. The van der Waals surface area contributed by atoms with Crippen LogP contribution in [0.4, 0.5) is 0 Å². The van der Waals surface area contributed by atoms with Crippen LogP contribution in [0.2, 0.25) is 0 Å². The van der Waals surface area contributed by atoms with Gasteiger partial charge in [0.2, 0.25) is 0 Å². The molecule has 0 aromatic heterocycles. The van der Waals surface area contributed by atoms with Crippen molar-refractivity contribution >= 4 is 0 Å². The highest BCUT2D eigenvalue weighted by molar-refractivity contribution is 5.44. The zero-order chi connectivity index (χ0) is 10.1. The van der Waals surface area contributed by atoms with E-state index in [2.05, 4.69) is 26.0 Å². The number of benzene rings is 1. The van der Waals surface area contributed by atoms with Crippen LogP contribution in [0.3, 0.4) is 0 Å². The molecule has 0 heterocycles. The topological polar surface area (TPSA) is 26.0 Å². The summed E-state index contributed by atoms with van der Waals surface area (Å²) in [6.07, 6.45) is 4.74. The highest BCUT2D eigenvalue weighted by atomic mass is 14.6. The molecule has 0 amide bonds. The third-order valence-corrected chi connectivity index (χ3v) is 3.38. The maximum atomic E-state index is 6.19. The fourth-order valence-corrected chi connectivity index (χ4v) is 2.57. The van der Waals surface area contributed by atoms with E-state index in [-0.39, 0.29) is 6.04 Å². The van der Waals surface area contributed by atoms with Gasteiger partial charge in [-0.15, -0.1) is 0 Å². The third-order valence-electron chi connectivity index (χ3n) is 3.38. The van der Waals surface area contributed by atoms with Crippen molar-refractivity contribution in [3.05, 3.63) is 34.4 Å². The molecule has 0 aliphatic heterocycles. The smallest absolute Gasteiger partial charge is 0.0300 e. The van der Waals surface area contributed by atoms with Gasteiger partial charge < -0.3 is 5.73 Å². The van der Waals surface area contributed by atoms with Gasteiger partial charge in [0.15, 0.2) is 0 Å². The second-order valence-corrected chi connectivity index (χ2v) is 4.29. The minimum absolute atomic E-state index is 0.286. The van der Waals surface area contributed by atoms with Crippen molar-refractivity contribution < 1.29 is 0 Å². The van der Waals surface area contributed by atoms with Crippen LogP contribution in [0.15, 0.2) is 12.1 Å². The number of nitrogens with two attached hydrogens (primary N) is 1. The summed E-state index contributed by atoms with van der Waals surface area (Å²) in [6, 6.07) is 4.78. The van der Waals surface area contributed by atoms with Gasteiger partial charge in [0.25, 0.3) is 0 Å². The van der Waals surface area contributed by atoms with E-state index in [0.717, 1.165) is 12.8 Å². The van der Waals surface area contributed by atoms with E-state index in [1.165, 1.54) is 35.1 Å². The summed E-state index contributed by atoms with van der Waals surface area (Å²) in [5, 5.41) is 0. The van der Waals surface area contributed by atoms with E-state index in [4.69, 9.17) is 5.73 Å². The Balaban J connectivity index is 2.58. The van der Waals surface area contributed by atoms with E-state index < -0.39 is 0 Å². The van der Waals surface area contributed by atoms with Crippen LogP contribution in [0.5, 0.6) is 0 Å². The Kier molecular flexibility index (Phi) is 2.60. The standard InChI is InChI=1S/C13H19N/c1-3-10-8-7-9(2)11-5-4-6-12(14)13(10)11/h7-8,12H,3-6,14H2,1-2H3/t12-/m1/s1. The minimum Gasteiger partial charge on any atom is -0.324 e. The predicted molar refractivity (Wildman–Crippen MR) is 60.4 cm³/mol. The second-order valence-electron chi connectivity index (χ2n) is 4.29. The molecule has 1 aliphatic carbocycles. The van der Waals surface area contributed by atoms with Gasteiger partial charge in [0.05, 0.1) is 0 Å². The van der Waals surface area contributed by atoms with Crippen molar-refractivity contribution in [2.24, 2.45) is 5.73 Å². The van der Waals surface area contributed by atoms with Gasteiger partial charge in [-0.05, 0) is 54.9 Å².